The van der Waals surface area contributed by atoms with Gasteiger partial charge in [-0.1, -0.05) is 18.5 Å². The summed E-state index contributed by atoms with van der Waals surface area (Å²) < 4.78 is 37.0. The van der Waals surface area contributed by atoms with E-state index in [-0.39, 0.29) is 22.7 Å². The van der Waals surface area contributed by atoms with Crippen LogP contribution in [0, 0.1) is 25.7 Å². The SMILES string of the molecule is CCC1CN(S(=O)(=O)c2c(C)noc2C)CCC1CC(=O)OC. The fourth-order valence-corrected chi connectivity index (χ4v) is 5.07. The number of ether oxygens (including phenoxy) is 1. The second-order valence-corrected chi connectivity index (χ2v) is 7.89. The van der Waals surface area contributed by atoms with E-state index in [0.29, 0.717) is 37.4 Å². The number of aryl methyl sites for hydroxylation is 2. The normalized spacial score (nSPS) is 23.0. The summed E-state index contributed by atoms with van der Waals surface area (Å²) in [5, 5.41) is 3.74. The van der Waals surface area contributed by atoms with Gasteiger partial charge in [0.2, 0.25) is 10.0 Å². The van der Waals surface area contributed by atoms with Crippen molar-refractivity contribution in [1.82, 2.24) is 9.46 Å². The average Bonchev–Trinajstić information content (AvgIpc) is 2.86. The zero-order valence-corrected chi connectivity index (χ0v) is 14.9. The minimum Gasteiger partial charge on any atom is -0.469 e. The fourth-order valence-electron chi connectivity index (χ4n) is 3.27. The number of esters is 1. The Morgan fingerprint density at radius 1 is 1.39 bits per heavy atom. The largest absolute Gasteiger partial charge is 0.469 e. The molecule has 7 nitrogen and oxygen atoms in total. The van der Waals surface area contributed by atoms with Gasteiger partial charge < -0.3 is 9.26 Å². The highest BCUT2D eigenvalue weighted by Gasteiger charge is 2.38. The van der Waals surface area contributed by atoms with Gasteiger partial charge in [0, 0.05) is 19.5 Å². The van der Waals surface area contributed by atoms with E-state index in [2.05, 4.69) is 5.16 Å². The second-order valence-electron chi connectivity index (χ2n) is 6.01. The number of hydrogen-bond acceptors (Lipinski definition) is 6. The molecule has 0 aliphatic carbocycles. The van der Waals surface area contributed by atoms with Gasteiger partial charge in [0.25, 0.3) is 0 Å². The molecule has 2 unspecified atom stereocenters. The van der Waals surface area contributed by atoms with E-state index in [1.54, 1.807) is 13.8 Å². The molecule has 0 spiro atoms. The Labute approximate surface area is 137 Å². The molecule has 1 fully saturated rings. The van der Waals surface area contributed by atoms with Crippen LogP contribution < -0.4 is 0 Å². The van der Waals surface area contributed by atoms with Gasteiger partial charge in [-0.25, -0.2) is 8.42 Å². The van der Waals surface area contributed by atoms with Crippen LogP contribution in [0.2, 0.25) is 0 Å². The monoisotopic (exact) mass is 344 g/mol. The highest BCUT2D eigenvalue weighted by Crippen LogP contribution is 2.33. The summed E-state index contributed by atoms with van der Waals surface area (Å²) in [4.78, 5) is 11.7. The van der Waals surface area contributed by atoms with Crippen molar-refractivity contribution in [2.24, 2.45) is 11.8 Å². The predicted octanol–water partition coefficient (Wildman–Crippen LogP) is 1.89. The van der Waals surface area contributed by atoms with Crippen LogP contribution in [0.5, 0.6) is 0 Å². The molecule has 0 saturated carbocycles. The van der Waals surface area contributed by atoms with Gasteiger partial charge in [-0.3, -0.25) is 4.79 Å². The third kappa shape index (κ3) is 3.58. The molecule has 1 aliphatic heterocycles. The van der Waals surface area contributed by atoms with Crippen molar-refractivity contribution in [1.29, 1.82) is 0 Å². The van der Waals surface area contributed by atoms with Gasteiger partial charge in [-0.15, -0.1) is 0 Å². The Morgan fingerprint density at radius 2 is 2.09 bits per heavy atom. The topological polar surface area (TPSA) is 89.7 Å². The molecule has 0 radical (unpaired) electrons. The molecule has 2 heterocycles. The maximum absolute atomic E-state index is 12.9. The molecular formula is C15H24N2O5S. The molecule has 8 heteroatoms. The zero-order valence-electron chi connectivity index (χ0n) is 14.0. The lowest BCUT2D eigenvalue weighted by Gasteiger charge is -2.37. The number of carbonyl (C=O) groups excluding carboxylic acids is 1. The Balaban J connectivity index is 2.19. The summed E-state index contributed by atoms with van der Waals surface area (Å²) >= 11 is 0. The summed E-state index contributed by atoms with van der Waals surface area (Å²) in [6.45, 7) is 6.05. The first-order valence-corrected chi connectivity index (χ1v) is 9.25. The van der Waals surface area contributed by atoms with E-state index < -0.39 is 10.0 Å². The lowest BCUT2D eigenvalue weighted by atomic mass is 9.82. The summed E-state index contributed by atoms with van der Waals surface area (Å²) in [5.74, 6) is 0.365. The van der Waals surface area contributed by atoms with Crippen molar-refractivity contribution in [2.45, 2.75) is 44.9 Å². The second kappa shape index (κ2) is 7.00. The number of carbonyl (C=O) groups is 1. The smallest absolute Gasteiger partial charge is 0.305 e. The van der Waals surface area contributed by atoms with Crippen molar-refractivity contribution in [2.75, 3.05) is 20.2 Å². The lowest BCUT2D eigenvalue weighted by Crippen LogP contribution is -2.44. The van der Waals surface area contributed by atoms with Crippen LogP contribution in [-0.2, 0) is 19.6 Å². The van der Waals surface area contributed by atoms with Gasteiger partial charge in [0.05, 0.1) is 7.11 Å². The first-order chi connectivity index (χ1) is 10.8. The number of sulfonamides is 1. The van der Waals surface area contributed by atoms with Crippen LogP contribution in [-0.4, -0.2) is 44.0 Å². The first-order valence-electron chi connectivity index (χ1n) is 7.81. The highest BCUT2D eigenvalue weighted by atomic mass is 32.2. The Morgan fingerprint density at radius 3 is 2.61 bits per heavy atom. The Bertz CT molecular complexity index is 648. The number of piperidine rings is 1. The van der Waals surface area contributed by atoms with E-state index in [1.165, 1.54) is 11.4 Å². The van der Waals surface area contributed by atoms with Gasteiger partial charge in [0.15, 0.2) is 5.76 Å². The van der Waals surface area contributed by atoms with Crippen LogP contribution >= 0.6 is 0 Å². The maximum Gasteiger partial charge on any atom is 0.305 e. The van der Waals surface area contributed by atoms with Crippen LogP contribution in [0.1, 0.15) is 37.6 Å². The summed E-state index contributed by atoms with van der Waals surface area (Å²) in [7, 11) is -2.24. The molecule has 0 aromatic carbocycles. The summed E-state index contributed by atoms with van der Waals surface area (Å²) in [5.41, 5.74) is 0.382. The van der Waals surface area contributed by atoms with Crippen LogP contribution in [0.25, 0.3) is 0 Å². The molecule has 1 saturated heterocycles. The molecule has 0 N–H and O–H groups in total. The van der Waals surface area contributed by atoms with Crippen molar-refractivity contribution >= 4 is 16.0 Å². The molecule has 1 aromatic heterocycles. The van der Waals surface area contributed by atoms with Gasteiger partial charge in [-0.2, -0.15) is 4.31 Å². The molecule has 1 aromatic rings. The Kier molecular flexibility index (Phi) is 5.46. The molecule has 2 atom stereocenters. The number of aromatic nitrogens is 1. The standard InChI is InChI=1S/C15H24N2O5S/c1-5-12-9-17(7-6-13(12)8-14(18)21-4)23(19,20)15-10(2)16-22-11(15)3/h12-13H,5-9H2,1-4H3. The average molecular weight is 344 g/mol. The lowest BCUT2D eigenvalue weighted by molar-refractivity contribution is -0.142. The van der Waals surface area contributed by atoms with Crippen molar-refractivity contribution < 1.29 is 22.5 Å². The summed E-state index contributed by atoms with van der Waals surface area (Å²) in [6.07, 6.45) is 1.81. The molecule has 0 bridgehead atoms. The van der Waals surface area contributed by atoms with Gasteiger partial charge in [0.1, 0.15) is 10.6 Å². The Hall–Kier alpha value is -1.41. The van der Waals surface area contributed by atoms with Gasteiger partial charge in [-0.05, 0) is 32.1 Å². The minimum absolute atomic E-state index is 0.137. The quantitative estimate of drug-likeness (QED) is 0.758. The third-order valence-corrected chi connectivity index (χ3v) is 6.71. The summed E-state index contributed by atoms with van der Waals surface area (Å²) in [6, 6.07) is 0. The first kappa shape index (κ1) is 17.9. The minimum atomic E-state index is -3.62. The number of rotatable bonds is 5. The number of nitrogens with zero attached hydrogens (tertiary/aromatic N) is 2. The fraction of sp³-hybridized carbons (Fsp3) is 0.733. The van der Waals surface area contributed by atoms with Gasteiger partial charge >= 0.3 is 5.97 Å². The molecule has 130 valence electrons. The number of methoxy groups -OCH3 is 1. The van der Waals surface area contributed by atoms with E-state index >= 15 is 0 Å². The van der Waals surface area contributed by atoms with Crippen LogP contribution in [0.15, 0.2) is 9.42 Å². The molecule has 2 rings (SSSR count). The zero-order chi connectivity index (χ0) is 17.2. The van der Waals surface area contributed by atoms with E-state index in [9.17, 15) is 13.2 Å². The molecule has 1 aliphatic rings. The van der Waals surface area contributed by atoms with Crippen LogP contribution in [0.3, 0.4) is 0 Å². The van der Waals surface area contributed by atoms with E-state index in [4.69, 9.17) is 9.26 Å². The molecule has 0 amide bonds. The predicted molar refractivity (Wildman–Crippen MR) is 83.3 cm³/mol. The van der Waals surface area contributed by atoms with Crippen LogP contribution in [0.4, 0.5) is 0 Å². The van der Waals surface area contributed by atoms with E-state index in [0.717, 1.165) is 6.42 Å². The van der Waals surface area contributed by atoms with E-state index in [1.807, 2.05) is 6.92 Å². The third-order valence-electron chi connectivity index (χ3n) is 4.60. The highest BCUT2D eigenvalue weighted by molar-refractivity contribution is 7.89. The molecular weight excluding hydrogens is 320 g/mol. The molecule has 23 heavy (non-hydrogen) atoms. The maximum atomic E-state index is 12.9. The number of hydrogen-bond donors (Lipinski definition) is 0. The van der Waals surface area contributed by atoms with Crippen molar-refractivity contribution in [3.05, 3.63) is 11.5 Å². The van der Waals surface area contributed by atoms with Crippen molar-refractivity contribution in [3.8, 4) is 0 Å². The van der Waals surface area contributed by atoms with Crippen molar-refractivity contribution in [3.63, 3.8) is 0 Å².